The highest BCUT2D eigenvalue weighted by atomic mass is 16.3. The molecule has 1 N–H and O–H groups in total. The van der Waals surface area contributed by atoms with E-state index in [1.165, 1.54) is 5.56 Å². The highest BCUT2D eigenvalue weighted by Crippen LogP contribution is 2.10. The predicted octanol–water partition coefficient (Wildman–Crippen LogP) is 2.09. The number of rotatable bonds is 5. The Hall–Kier alpha value is -1.16. The second kappa shape index (κ2) is 7.58. The van der Waals surface area contributed by atoms with Crippen molar-refractivity contribution in [2.75, 3.05) is 32.7 Å². The van der Waals surface area contributed by atoms with E-state index in [1.54, 1.807) is 0 Å². The summed E-state index contributed by atoms with van der Waals surface area (Å²) in [6, 6.07) is 10.9. The maximum absolute atomic E-state index is 9.49. The van der Waals surface area contributed by atoms with Crippen LogP contribution in [-0.4, -0.2) is 59.8 Å². The van der Waals surface area contributed by atoms with Crippen LogP contribution in [0.1, 0.15) is 19.4 Å². The number of β-amino-alcohol motifs (C(OH)–C–C–N with tert-alkyl or cyclic N) is 1. The van der Waals surface area contributed by atoms with Gasteiger partial charge in [0.25, 0.3) is 0 Å². The van der Waals surface area contributed by atoms with Crippen LogP contribution in [0.25, 0.3) is 6.08 Å². The normalized spacial score (nSPS) is 23.2. The van der Waals surface area contributed by atoms with E-state index in [2.05, 4.69) is 53.1 Å². The van der Waals surface area contributed by atoms with Crippen LogP contribution in [0, 0.1) is 0 Å². The Balaban J connectivity index is 1.77. The first kappa shape index (κ1) is 15.2. The monoisotopic (exact) mass is 274 g/mol. The Morgan fingerprint density at radius 3 is 2.70 bits per heavy atom. The number of benzene rings is 1. The highest BCUT2D eigenvalue weighted by molar-refractivity contribution is 5.48. The summed E-state index contributed by atoms with van der Waals surface area (Å²) in [6.45, 7) is 9.10. The van der Waals surface area contributed by atoms with E-state index in [1.807, 2.05) is 13.0 Å². The Bertz CT molecular complexity index is 416. The van der Waals surface area contributed by atoms with E-state index in [-0.39, 0.29) is 6.10 Å². The Kier molecular flexibility index (Phi) is 5.77. The molecule has 1 fully saturated rings. The second-order valence-electron chi connectivity index (χ2n) is 5.77. The number of hydrogen-bond donors (Lipinski definition) is 1. The van der Waals surface area contributed by atoms with Crippen molar-refractivity contribution >= 4 is 6.08 Å². The summed E-state index contributed by atoms with van der Waals surface area (Å²) >= 11 is 0. The zero-order valence-electron chi connectivity index (χ0n) is 12.6. The topological polar surface area (TPSA) is 26.7 Å². The van der Waals surface area contributed by atoms with Crippen LogP contribution in [-0.2, 0) is 0 Å². The van der Waals surface area contributed by atoms with Crippen molar-refractivity contribution in [2.24, 2.45) is 0 Å². The van der Waals surface area contributed by atoms with Crippen molar-refractivity contribution in [1.82, 2.24) is 9.80 Å². The van der Waals surface area contributed by atoms with E-state index in [4.69, 9.17) is 0 Å². The van der Waals surface area contributed by atoms with Crippen LogP contribution in [0.4, 0.5) is 0 Å². The summed E-state index contributed by atoms with van der Waals surface area (Å²) in [4.78, 5) is 4.85. The molecule has 2 atom stereocenters. The van der Waals surface area contributed by atoms with Crippen LogP contribution in [0.5, 0.6) is 0 Å². The molecule has 20 heavy (non-hydrogen) atoms. The largest absolute Gasteiger partial charge is 0.392 e. The van der Waals surface area contributed by atoms with Gasteiger partial charge in [0.1, 0.15) is 0 Å². The average molecular weight is 274 g/mol. The molecule has 0 amide bonds. The lowest BCUT2D eigenvalue weighted by atomic mass is 10.1. The van der Waals surface area contributed by atoms with E-state index in [0.717, 1.165) is 32.7 Å². The fourth-order valence-corrected chi connectivity index (χ4v) is 2.75. The maximum atomic E-state index is 9.49. The average Bonchev–Trinajstić information content (AvgIpc) is 2.43. The molecule has 0 spiro atoms. The molecule has 1 aliphatic rings. The van der Waals surface area contributed by atoms with Gasteiger partial charge in [0.15, 0.2) is 0 Å². The number of aliphatic hydroxyl groups excluding tert-OH is 1. The third-order valence-corrected chi connectivity index (χ3v) is 3.82. The molecule has 2 unspecified atom stereocenters. The molecule has 3 heteroatoms. The van der Waals surface area contributed by atoms with E-state index >= 15 is 0 Å². The van der Waals surface area contributed by atoms with Crippen molar-refractivity contribution in [1.29, 1.82) is 0 Å². The first-order chi connectivity index (χ1) is 9.65. The lowest BCUT2D eigenvalue weighted by molar-refractivity contribution is 0.0495. The number of nitrogens with zero attached hydrogens (tertiary/aromatic N) is 2. The summed E-state index contributed by atoms with van der Waals surface area (Å²) in [6.07, 6.45) is 4.20. The minimum absolute atomic E-state index is 0.234. The minimum Gasteiger partial charge on any atom is -0.392 e. The van der Waals surface area contributed by atoms with Gasteiger partial charge in [-0.25, -0.2) is 0 Å². The smallest absolute Gasteiger partial charge is 0.0639 e. The van der Waals surface area contributed by atoms with Crippen molar-refractivity contribution < 1.29 is 5.11 Å². The first-order valence-electron chi connectivity index (χ1n) is 7.51. The van der Waals surface area contributed by atoms with Crippen LogP contribution in [0.15, 0.2) is 36.4 Å². The molecule has 1 aromatic rings. The van der Waals surface area contributed by atoms with Crippen molar-refractivity contribution in [3.8, 4) is 0 Å². The van der Waals surface area contributed by atoms with Crippen molar-refractivity contribution in [3.63, 3.8) is 0 Å². The molecule has 0 aromatic heterocycles. The Labute approximate surface area is 122 Å². The fourth-order valence-electron chi connectivity index (χ4n) is 2.75. The van der Waals surface area contributed by atoms with Gasteiger partial charge in [0.05, 0.1) is 6.10 Å². The lowest BCUT2D eigenvalue weighted by Crippen LogP contribution is -2.53. The van der Waals surface area contributed by atoms with Gasteiger partial charge < -0.3 is 5.11 Å². The Morgan fingerprint density at radius 1 is 1.30 bits per heavy atom. The minimum atomic E-state index is -0.234. The molecule has 110 valence electrons. The van der Waals surface area contributed by atoms with Gasteiger partial charge in [0.2, 0.25) is 0 Å². The molecule has 0 radical (unpaired) electrons. The first-order valence-corrected chi connectivity index (χ1v) is 7.51. The van der Waals surface area contributed by atoms with Gasteiger partial charge in [-0.1, -0.05) is 42.5 Å². The maximum Gasteiger partial charge on any atom is 0.0639 e. The molecule has 1 heterocycles. The van der Waals surface area contributed by atoms with Gasteiger partial charge in [-0.05, 0) is 19.4 Å². The molecule has 0 bridgehead atoms. The van der Waals surface area contributed by atoms with Gasteiger partial charge in [-0.3, -0.25) is 9.80 Å². The van der Waals surface area contributed by atoms with Gasteiger partial charge in [0, 0.05) is 38.8 Å². The zero-order valence-corrected chi connectivity index (χ0v) is 12.6. The van der Waals surface area contributed by atoms with Crippen molar-refractivity contribution in [2.45, 2.75) is 26.0 Å². The third kappa shape index (κ3) is 4.75. The number of aliphatic hydroxyl groups is 1. The quantitative estimate of drug-likeness (QED) is 0.890. The molecule has 1 aromatic carbocycles. The molecule has 3 nitrogen and oxygen atoms in total. The van der Waals surface area contributed by atoms with Gasteiger partial charge in [-0.2, -0.15) is 0 Å². The second-order valence-corrected chi connectivity index (χ2v) is 5.77. The summed E-state index contributed by atoms with van der Waals surface area (Å²) < 4.78 is 0. The van der Waals surface area contributed by atoms with E-state index in [9.17, 15) is 5.11 Å². The molecule has 0 aliphatic carbocycles. The summed E-state index contributed by atoms with van der Waals surface area (Å²) in [5, 5.41) is 9.49. The van der Waals surface area contributed by atoms with E-state index in [0.29, 0.717) is 6.04 Å². The summed E-state index contributed by atoms with van der Waals surface area (Å²) in [5.41, 5.74) is 1.26. The van der Waals surface area contributed by atoms with Crippen molar-refractivity contribution in [3.05, 3.63) is 42.0 Å². The number of piperazine rings is 1. The molecule has 0 saturated carbocycles. The molecule has 1 saturated heterocycles. The van der Waals surface area contributed by atoms with Gasteiger partial charge in [-0.15, -0.1) is 0 Å². The standard InChI is InChI=1S/C17H26N2O/c1-15-13-18(11-12-19(15)14-16(2)20)10-6-9-17-7-4-3-5-8-17/h3-9,15-16,20H,10-14H2,1-2H3. The summed E-state index contributed by atoms with van der Waals surface area (Å²) in [7, 11) is 0. The predicted molar refractivity (Wildman–Crippen MR) is 84.6 cm³/mol. The highest BCUT2D eigenvalue weighted by Gasteiger charge is 2.23. The summed E-state index contributed by atoms with van der Waals surface area (Å²) in [5.74, 6) is 0. The number of hydrogen-bond acceptors (Lipinski definition) is 3. The van der Waals surface area contributed by atoms with Crippen LogP contribution in [0.3, 0.4) is 0 Å². The molecule has 2 rings (SSSR count). The van der Waals surface area contributed by atoms with Crippen LogP contribution >= 0.6 is 0 Å². The Morgan fingerprint density at radius 2 is 2.05 bits per heavy atom. The fraction of sp³-hybridized carbons (Fsp3) is 0.529. The third-order valence-electron chi connectivity index (χ3n) is 3.82. The SMILES string of the molecule is CC(O)CN1CCN(CC=Cc2ccccc2)CC1C. The molecular weight excluding hydrogens is 248 g/mol. The zero-order chi connectivity index (χ0) is 14.4. The molecular formula is C17H26N2O. The van der Waals surface area contributed by atoms with Crippen LogP contribution < -0.4 is 0 Å². The lowest BCUT2D eigenvalue weighted by Gasteiger charge is -2.40. The molecule has 1 aliphatic heterocycles. The van der Waals surface area contributed by atoms with Crippen LogP contribution in [0.2, 0.25) is 0 Å². The van der Waals surface area contributed by atoms with Gasteiger partial charge >= 0.3 is 0 Å². The van der Waals surface area contributed by atoms with E-state index < -0.39 is 0 Å².